The van der Waals surface area contributed by atoms with Crippen LogP contribution in [0.15, 0.2) is 42.5 Å². The zero-order chi connectivity index (χ0) is 14.5. The molecule has 0 fully saturated rings. The molecule has 1 atom stereocenters. The van der Waals surface area contributed by atoms with Crippen LogP contribution in [0.5, 0.6) is 0 Å². The average Bonchev–Trinajstić information content (AvgIpc) is 2.43. The van der Waals surface area contributed by atoms with Crippen molar-refractivity contribution in [2.75, 3.05) is 6.54 Å². The lowest BCUT2D eigenvalue weighted by molar-refractivity contribution is 0.547. The highest BCUT2D eigenvalue weighted by Crippen LogP contribution is 2.29. The molecule has 106 valence electrons. The number of hydrogen-bond donors (Lipinski definition) is 1. The summed E-state index contributed by atoms with van der Waals surface area (Å²) >= 11 is 12.4. The van der Waals surface area contributed by atoms with Crippen molar-refractivity contribution in [3.63, 3.8) is 0 Å². The molecule has 0 bridgehead atoms. The molecule has 0 heterocycles. The first-order valence-electron chi connectivity index (χ1n) is 6.53. The van der Waals surface area contributed by atoms with Crippen molar-refractivity contribution in [2.45, 2.75) is 19.4 Å². The fourth-order valence-corrected chi connectivity index (χ4v) is 2.73. The normalized spacial score (nSPS) is 12.4. The maximum absolute atomic E-state index is 13.0. The minimum absolute atomic E-state index is 0.0537. The van der Waals surface area contributed by atoms with E-state index < -0.39 is 0 Å². The Labute approximate surface area is 128 Å². The molecule has 0 spiro atoms. The third-order valence-corrected chi connectivity index (χ3v) is 3.90. The molecule has 1 N–H and O–H groups in total. The topological polar surface area (TPSA) is 12.0 Å². The van der Waals surface area contributed by atoms with Crippen LogP contribution in [-0.4, -0.2) is 6.54 Å². The van der Waals surface area contributed by atoms with E-state index in [2.05, 4.69) is 5.32 Å². The molecule has 0 radical (unpaired) electrons. The van der Waals surface area contributed by atoms with Gasteiger partial charge in [-0.2, -0.15) is 0 Å². The second-order valence-electron chi connectivity index (χ2n) is 4.57. The van der Waals surface area contributed by atoms with Crippen LogP contribution >= 0.6 is 23.2 Å². The first-order valence-corrected chi connectivity index (χ1v) is 7.29. The highest BCUT2D eigenvalue weighted by molar-refractivity contribution is 6.36. The molecule has 0 aliphatic carbocycles. The van der Waals surface area contributed by atoms with Gasteiger partial charge in [0.05, 0.1) is 0 Å². The molecule has 2 rings (SSSR count). The Morgan fingerprint density at radius 2 is 1.65 bits per heavy atom. The lowest BCUT2D eigenvalue weighted by atomic mass is 9.98. The SMILES string of the molecule is CCNC(Cc1c(Cl)cccc1Cl)c1ccc(F)cc1. The van der Waals surface area contributed by atoms with Crippen molar-refractivity contribution in [3.05, 3.63) is 69.5 Å². The van der Waals surface area contributed by atoms with E-state index in [4.69, 9.17) is 23.2 Å². The van der Waals surface area contributed by atoms with Gasteiger partial charge in [0.1, 0.15) is 5.82 Å². The summed E-state index contributed by atoms with van der Waals surface area (Å²) in [5, 5.41) is 4.69. The van der Waals surface area contributed by atoms with E-state index in [1.807, 2.05) is 25.1 Å². The number of halogens is 3. The van der Waals surface area contributed by atoms with Gasteiger partial charge in [0.2, 0.25) is 0 Å². The summed E-state index contributed by atoms with van der Waals surface area (Å²) in [5.74, 6) is -0.236. The third-order valence-electron chi connectivity index (χ3n) is 3.19. The van der Waals surface area contributed by atoms with Crippen LogP contribution in [0.4, 0.5) is 4.39 Å². The molecule has 20 heavy (non-hydrogen) atoms. The molecule has 2 aromatic carbocycles. The van der Waals surface area contributed by atoms with Gasteiger partial charge < -0.3 is 5.32 Å². The molecular formula is C16H16Cl2FN. The van der Waals surface area contributed by atoms with E-state index in [0.29, 0.717) is 16.5 Å². The predicted octanol–water partition coefficient (Wildman–Crippen LogP) is 5.03. The predicted molar refractivity (Wildman–Crippen MR) is 83.0 cm³/mol. The van der Waals surface area contributed by atoms with Crippen molar-refractivity contribution >= 4 is 23.2 Å². The van der Waals surface area contributed by atoms with Gasteiger partial charge in [0, 0.05) is 16.1 Å². The third kappa shape index (κ3) is 3.72. The molecule has 0 saturated heterocycles. The summed E-state index contributed by atoms with van der Waals surface area (Å²) in [6, 6.07) is 12.0. The lowest BCUT2D eigenvalue weighted by Crippen LogP contribution is -2.23. The summed E-state index contributed by atoms with van der Waals surface area (Å²) in [4.78, 5) is 0. The molecule has 1 nitrogen and oxygen atoms in total. The monoisotopic (exact) mass is 311 g/mol. The van der Waals surface area contributed by atoms with Crippen LogP contribution in [0.2, 0.25) is 10.0 Å². The molecule has 1 unspecified atom stereocenters. The van der Waals surface area contributed by atoms with Crippen LogP contribution in [0.25, 0.3) is 0 Å². The van der Waals surface area contributed by atoms with E-state index in [1.165, 1.54) is 12.1 Å². The quantitative estimate of drug-likeness (QED) is 0.817. The van der Waals surface area contributed by atoms with Crippen molar-refractivity contribution in [1.82, 2.24) is 5.32 Å². The number of hydrogen-bond acceptors (Lipinski definition) is 1. The molecule has 0 aromatic heterocycles. The van der Waals surface area contributed by atoms with Crippen LogP contribution in [0.1, 0.15) is 24.1 Å². The maximum atomic E-state index is 13.0. The highest BCUT2D eigenvalue weighted by Gasteiger charge is 2.15. The van der Waals surface area contributed by atoms with Crippen LogP contribution in [0, 0.1) is 5.82 Å². The fraction of sp³-hybridized carbons (Fsp3) is 0.250. The zero-order valence-electron chi connectivity index (χ0n) is 11.2. The minimum atomic E-state index is -0.236. The van der Waals surface area contributed by atoms with E-state index >= 15 is 0 Å². The number of rotatable bonds is 5. The molecule has 0 saturated carbocycles. The number of likely N-dealkylation sites (N-methyl/N-ethyl adjacent to an activating group) is 1. The Balaban J connectivity index is 2.28. The Bertz CT molecular complexity index is 549. The van der Waals surface area contributed by atoms with Crippen LogP contribution in [0.3, 0.4) is 0 Å². The van der Waals surface area contributed by atoms with Gasteiger partial charge in [0.15, 0.2) is 0 Å². The highest BCUT2D eigenvalue weighted by atomic mass is 35.5. The molecule has 0 aliphatic heterocycles. The van der Waals surface area contributed by atoms with Gasteiger partial charge in [-0.1, -0.05) is 48.3 Å². The molecule has 0 aliphatic rings. The van der Waals surface area contributed by atoms with Gasteiger partial charge in [-0.05, 0) is 48.4 Å². The van der Waals surface area contributed by atoms with E-state index in [-0.39, 0.29) is 11.9 Å². The summed E-state index contributed by atoms with van der Waals surface area (Å²) in [6.07, 6.45) is 0.665. The standard InChI is InChI=1S/C16H16Cl2FN/c1-2-20-16(11-6-8-12(19)9-7-11)10-13-14(17)4-3-5-15(13)18/h3-9,16,20H,2,10H2,1H3. The Kier molecular flexibility index (Phi) is 5.41. The number of nitrogens with one attached hydrogen (secondary N) is 1. The Morgan fingerprint density at radius 3 is 2.20 bits per heavy atom. The lowest BCUT2D eigenvalue weighted by Gasteiger charge is -2.20. The summed E-state index contributed by atoms with van der Waals surface area (Å²) < 4.78 is 13.0. The molecule has 2 aromatic rings. The molecule has 0 amide bonds. The zero-order valence-corrected chi connectivity index (χ0v) is 12.7. The summed E-state index contributed by atoms with van der Waals surface area (Å²) in [7, 11) is 0. The number of benzene rings is 2. The fourth-order valence-electron chi connectivity index (χ4n) is 2.18. The molecule has 4 heteroatoms. The van der Waals surface area contributed by atoms with Crippen molar-refractivity contribution in [1.29, 1.82) is 0 Å². The van der Waals surface area contributed by atoms with Gasteiger partial charge in [0.25, 0.3) is 0 Å². The summed E-state index contributed by atoms with van der Waals surface area (Å²) in [6.45, 7) is 2.84. The van der Waals surface area contributed by atoms with E-state index in [1.54, 1.807) is 12.1 Å². The molecular weight excluding hydrogens is 296 g/mol. The maximum Gasteiger partial charge on any atom is 0.123 e. The van der Waals surface area contributed by atoms with Crippen molar-refractivity contribution in [2.24, 2.45) is 0 Å². The van der Waals surface area contributed by atoms with E-state index in [0.717, 1.165) is 17.7 Å². The van der Waals surface area contributed by atoms with Crippen LogP contribution < -0.4 is 5.32 Å². The Morgan fingerprint density at radius 1 is 1.05 bits per heavy atom. The van der Waals surface area contributed by atoms with Gasteiger partial charge in [-0.3, -0.25) is 0 Å². The largest absolute Gasteiger partial charge is 0.310 e. The van der Waals surface area contributed by atoms with Gasteiger partial charge in [-0.15, -0.1) is 0 Å². The summed E-state index contributed by atoms with van der Waals surface area (Å²) in [5.41, 5.74) is 1.93. The van der Waals surface area contributed by atoms with E-state index in [9.17, 15) is 4.39 Å². The minimum Gasteiger partial charge on any atom is -0.310 e. The Hall–Kier alpha value is -1.09. The van der Waals surface area contributed by atoms with Crippen molar-refractivity contribution in [3.8, 4) is 0 Å². The second kappa shape index (κ2) is 7.07. The van der Waals surface area contributed by atoms with Crippen molar-refractivity contribution < 1.29 is 4.39 Å². The van der Waals surface area contributed by atoms with Gasteiger partial charge >= 0.3 is 0 Å². The second-order valence-corrected chi connectivity index (χ2v) is 5.38. The average molecular weight is 312 g/mol. The van der Waals surface area contributed by atoms with Gasteiger partial charge in [-0.25, -0.2) is 4.39 Å². The van der Waals surface area contributed by atoms with Crippen LogP contribution in [-0.2, 0) is 6.42 Å². The first-order chi connectivity index (χ1) is 9.61. The first kappa shape index (κ1) is 15.3. The smallest absolute Gasteiger partial charge is 0.123 e.